The SMILES string of the molecule is O=C(COc1ccc2c(c1)CCC2)NCCc1ncn[nH]1. The highest BCUT2D eigenvalue weighted by Gasteiger charge is 2.11. The molecule has 1 aromatic heterocycles. The van der Waals surface area contributed by atoms with Gasteiger partial charge in [-0.2, -0.15) is 5.10 Å². The molecule has 0 saturated carbocycles. The number of hydrogen-bond acceptors (Lipinski definition) is 4. The minimum absolute atomic E-state index is 0.0369. The van der Waals surface area contributed by atoms with Crippen molar-refractivity contribution in [3.8, 4) is 5.75 Å². The Kier molecular flexibility index (Phi) is 4.14. The molecule has 1 aromatic carbocycles. The summed E-state index contributed by atoms with van der Waals surface area (Å²) >= 11 is 0. The molecule has 6 nitrogen and oxygen atoms in total. The monoisotopic (exact) mass is 286 g/mol. The number of nitrogens with zero attached hydrogens (tertiary/aromatic N) is 2. The third-order valence-electron chi connectivity index (χ3n) is 3.59. The van der Waals surface area contributed by atoms with Crippen LogP contribution in [-0.2, 0) is 24.1 Å². The largest absolute Gasteiger partial charge is 0.484 e. The van der Waals surface area contributed by atoms with Crippen LogP contribution < -0.4 is 10.1 Å². The van der Waals surface area contributed by atoms with E-state index in [1.54, 1.807) is 0 Å². The van der Waals surface area contributed by atoms with Gasteiger partial charge in [0, 0.05) is 13.0 Å². The molecular formula is C15H18N4O2. The van der Waals surface area contributed by atoms with E-state index in [4.69, 9.17) is 4.74 Å². The van der Waals surface area contributed by atoms with Gasteiger partial charge in [-0.1, -0.05) is 6.07 Å². The number of aryl methyl sites for hydroxylation is 2. The van der Waals surface area contributed by atoms with Gasteiger partial charge in [-0.05, 0) is 42.5 Å². The molecular weight excluding hydrogens is 268 g/mol. The smallest absolute Gasteiger partial charge is 0.257 e. The second-order valence-electron chi connectivity index (χ2n) is 5.10. The highest BCUT2D eigenvalue weighted by atomic mass is 16.5. The van der Waals surface area contributed by atoms with Gasteiger partial charge in [0.05, 0.1) is 0 Å². The van der Waals surface area contributed by atoms with Gasteiger partial charge in [0.15, 0.2) is 6.61 Å². The molecule has 0 radical (unpaired) electrons. The topological polar surface area (TPSA) is 79.9 Å². The minimum atomic E-state index is -0.130. The summed E-state index contributed by atoms with van der Waals surface area (Å²) in [7, 11) is 0. The maximum atomic E-state index is 11.7. The first-order chi connectivity index (χ1) is 10.3. The Hall–Kier alpha value is -2.37. The molecule has 1 aliphatic rings. The van der Waals surface area contributed by atoms with Crippen molar-refractivity contribution < 1.29 is 9.53 Å². The zero-order chi connectivity index (χ0) is 14.5. The van der Waals surface area contributed by atoms with Crippen LogP contribution in [0.4, 0.5) is 0 Å². The standard InChI is InChI=1S/C15H18N4O2/c20-15(16-7-6-14-17-10-18-19-14)9-21-13-5-4-11-2-1-3-12(11)8-13/h4-5,8,10H,1-3,6-7,9H2,(H,16,20)(H,17,18,19). The number of aromatic nitrogens is 3. The zero-order valence-corrected chi connectivity index (χ0v) is 11.8. The molecule has 0 atom stereocenters. The number of hydrogen-bond donors (Lipinski definition) is 2. The number of carbonyl (C=O) groups is 1. The molecule has 0 bridgehead atoms. The molecule has 0 unspecified atom stereocenters. The molecule has 2 N–H and O–H groups in total. The highest BCUT2D eigenvalue weighted by molar-refractivity contribution is 5.77. The summed E-state index contributed by atoms with van der Waals surface area (Å²) in [5.74, 6) is 1.39. The van der Waals surface area contributed by atoms with Crippen molar-refractivity contribution in [3.05, 3.63) is 41.5 Å². The lowest BCUT2D eigenvalue weighted by Crippen LogP contribution is -2.30. The van der Waals surface area contributed by atoms with Gasteiger partial charge >= 0.3 is 0 Å². The molecule has 1 aliphatic carbocycles. The predicted octanol–water partition coefficient (Wildman–Crippen LogP) is 1.03. The van der Waals surface area contributed by atoms with E-state index in [1.165, 1.54) is 23.9 Å². The number of rotatable bonds is 6. The van der Waals surface area contributed by atoms with Gasteiger partial charge < -0.3 is 10.1 Å². The normalized spacial score (nSPS) is 13.0. The highest BCUT2D eigenvalue weighted by Crippen LogP contribution is 2.25. The molecule has 1 heterocycles. The van der Waals surface area contributed by atoms with Crippen LogP contribution in [0, 0.1) is 0 Å². The number of aromatic amines is 1. The van der Waals surface area contributed by atoms with Crippen LogP contribution in [0.1, 0.15) is 23.4 Å². The lowest BCUT2D eigenvalue weighted by molar-refractivity contribution is -0.123. The fourth-order valence-electron chi connectivity index (χ4n) is 2.51. The van der Waals surface area contributed by atoms with Crippen molar-refractivity contribution in [2.24, 2.45) is 0 Å². The Morgan fingerprint density at radius 1 is 1.33 bits per heavy atom. The lowest BCUT2D eigenvalue weighted by atomic mass is 10.1. The van der Waals surface area contributed by atoms with Crippen LogP contribution >= 0.6 is 0 Å². The van der Waals surface area contributed by atoms with E-state index in [0.29, 0.717) is 13.0 Å². The fraction of sp³-hybridized carbons (Fsp3) is 0.400. The van der Waals surface area contributed by atoms with Crippen LogP contribution in [0.5, 0.6) is 5.75 Å². The van der Waals surface area contributed by atoms with Crippen molar-refractivity contribution in [1.29, 1.82) is 0 Å². The maximum absolute atomic E-state index is 11.7. The summed E-state index contributed by atoms with van der Waals surface area (Å²) in [6.45, 7) is 0.552. The van der Waals surface area contributed by atoms with Crippen LogP contribution in [-0.4, -0.2) is 34.2 Å². The first-order valence-electron chi connectivity index (χ1n) is 7.17. The van der Waals surface area contributed by atoms with E-state index in [0.717, 1.165) is 24.4 Å². The van der Waals surface area contributed by atoms with Gasteiger partial charge in [-0.25, -0.2) is 4.98 Å². The Morgan fingerprint density at radius 2 is 2.24 bits per heavy atom. The van der Waals surface area contributed by atoms with Crippen molar-refractivity contribution in [2.45, 2.75) is 25.7 Å². The summed E-state index contributed by atoms with van der Waals surface area (Å²) in [4.78, 5) is 15.7. The second kappa shape index (κ2) is 6.39. The molecule has 0 aliphatic heterocycles. The van der Waals surface area contributed by atoms with Crippen molar-refractivity contribution in [1.82, 2.24) is 20.5 Å². The molecule has 1 amide bonds. The van der Waals surface area contributed by atoms with E-state index in [1.807, 2.05) is 12.1 Å². The first-order valence-corrected chi connectivity index (χ1v) is 7.17. The molecule has 110 valence electrons. The third kappa shape index (κ3) is 3.59. The Bertz CT molecular complexity index is 610. The van der Waals surface area contributed by atoms with Crippen LogP contribution in [0.15, 0.2) is 24.5 Å². The summed E-state index contributed by atoms with van der Waals surface area (Å²) in [6, 6.07) is 6.08. The molecule has 6 heteroatoms. The summed E-state index contributed by atoms with van der Waals surface area (Å²) in [5.41, 5.74) is 2.75. The van der Waals surface area contributed by atoms with Gasteiger partial charge in [-0.15, -0.1) is 0 Å². The molecule has 2 aromatic rings. The maximum Gasteiger partial charge on any atom is 0.257 e. The lowest BCUT2D eigenvalue weighted by Gasteiger charge is -2.08. The number of carbonyl (C=O) groups excluding carboxylic acids is 1. The Morgan fingerprint density at radius 3 is 3.10 bits per heavy atom. The average Bonchev–Trinajstić information content (AvgIpc) is 3.15. The van der Waals surface area contributed by atoms with Crippen molar-refractivity contribution >= 4 is 5.91 Å². The third-order valence-corrected chi connectivity index (χ3v) is 3.59. The zero-order valence-electron chi connectivity index (χ0n) is 11.8. The van der Waals surface area contributed by atoms with Crippen LogP contribution in [0.3, 0.4) is 0 Å². The number of H-pyrrole nitrogens is 1. The van der Waals surface area contributed by atoms with E-state index >= 15 is 0 Å². The number of fused-ring (bicyclic) bond motifs is 1. The molecule has 3 rings (SSSR count). The second-order valence-corrected chi connectivity index (χ2v) is 5.10. The number of ether oxygens (including phenoxy) is 1. The molecule has 0 spiro atoms. The number of benzene rings is 1. The first kappa shape index (κ1) is 13.6. The number of nitrogens with one attached hydrogen (secondary N) is 2. The van der Waals surface area contributed by atoms with E-state index in [-0.39, 0.29) is 12.5 Å². The predicted molar refractivity (Wildman–Crippen MR) is 77.1 cm³/mol. The van der Waals surface area contributed by atoms with E-state index in [2.05, 4.69) is 26.6 Å². The molecule has 0 saturated heterocycles. The van der Waals surface area contributed by atoms with Gasteiger partial charge in [-0.3, -0.25) is 9.89 Å². The van der Waals surface area contributed by atoms with Gasteiger partial charge in [0.1, 0.15) is 17.9 Å². The summed E-state index contributed by atoms with van der Waals surface area (Å²) in [6.07, 6.45) is 5.55. The summed E-state index contributed by atoms with van der Waals surface area (Å²) < 4.78 is 5.53. The molecule has 0 fully saturated rings. The van der Waals surface area contributed by atoms with E-state index in [9.17, 15) is 4.79 Å². The van der Waals surface area contributed by atoms with E-state index < -0.39 is 0 Å². The Balaban J connectivity index is 1.41. The van der Waals surface area contributed by atoms with Crippen LogP contribution in [0.2, 0.25) is 0 Å². The quantitative estimate of drug-likeness (QED) is 0.831. The Labute approximate surface area is 122 Å². The fourth-order valence-corrected chi connectivity index (χ4v) is 2.51. The van der Waals surface area contributed by atoms with Gasteiger partial charge in [0.25, 0.3) is 5.91 Å². The molecule has 21 heavy (non-hydrogen) atoms. The van der Waals surface area contributed by atoms with Crippen molar-refractivity contribution in [3.63, 3.8) is 0 Å². The minimum Gasteiger partial charge on any atom is -0.484 e. The number of amides is 1. The van der Waals surface area contributed by atoms with Crippen LogP contribution in [0.25, 0.3) is 0 Å². The average molecular weight is 286 g/mol. The summed E-state index contributed by atoms with van der Waals surface area (Å²) in [5, 5.41) is 9.29. The van der Waals surface area contributed by atoms with Gasteiger partial charge in [0.2, 0.25) is 0 Å². The van der Waals surface area contributed by atoms with Crippen molar-refractivity contribution in [2.75, 3.05) is 13.2 Å².